The van der Waals surface area contributed by atoms with E-state index in [0.29, 0.717) is 6.07 Å². The number of carbonyl (C=O) groups is 2. The first-order valence-electron chi connectivity index (χ1n) is 7.98. The maximum Gasteiger partial charge on any atom is 0.326 e. The second-order valence-corrected chi connectivity index (χ2v) is 7.40. The molecular weight excluding hydrogens is 433 g/mol. The molecule has 10 heteroatoms. The molecule has 0 fully saturated rings. The van der Waals surface area contributed by atoms with E-state index in [9.17, 15) is 18.4 Å². The number of amides is 1. The molecule has 0 aliphatic rings. The second kappa shape index (κ2) is 8.38. The lowest BCUT2D eigenvalue weighted by Gasteiger charge is -2.06. The van der Waals surface area contributed by atoms with Crippen molar-refractivity contribution in [2.24, 2.45) is 4.99 Å². The first kappa shape index (κ1) is 20.4. The van der Waals surface area contributed by atoms with Crippen molar-refractivity contribution in [2.45, 2.75) is 13.5 Å². The van der Waals surface area contributed by atoms with E-state index >= 15 is 0 Å². The highest BCUT2D eigenvalue weighted by Crippen LogP contribution is 2.24. The molecule has 0 N–H and O–H groups in total. The zero-order valence-electron chi connectivity index (χ0n) is 14.3. The van der Waals surface area contributed by atoms with Gasteiger partial charge >= 0.3 is 5.97 Å². The summed E-state index contributed by atoms with van der Waals surface area (Å²) in [5.74, 6) is -3.06. The Bertz CT molecular complexity index is 1160. The van der Waals surface area contributed by atoms with Crippen LogP contribution >= 0.6 is 34.5 Å². The molecule has 0 bridgehead atoms. The maximum atomic E-state index is 14.4. The van der Waals surface area contributed by atoms with Crippen LogP contribution in [0.5, 0.6) is 0 Å². The van der Waals surface area contributed by atoms with E-state index in [0.717, 1.165) is 17.4 Å². The van der Waals surface area contributed by atoms with Gasteiger partial charge in [0.25, 0.3) is 5.91 Å². The molecule has 3 aromatic rings. The number of hydrogen-bond donors (Lipinski definition) is 0. The highest BCUT2D eigenvalue weighted by Gasteiger charge is 2.18. The summed E-state index contributed by atoms with van der Waals surface area (Å²) in [6.07, 6.45) is 0. The van der Waals surface area contributed by atoms with Crippen molar-refractivity contribution in [1.82, 2.24) is 4.57 Å². The molecule has 0 unspecified atom stereocenters. The Morgan fingerprint density at radius 2 is 1.96 bits per heavy atom. The van der Waals surface area contributed by atoms with Crippen LogP contribution in [0, 0.1) is 11.6 Å². The van der Waals surface area contributed by atoms with E-state index in [-0.39, 0.29) is 37.2 Å². The molecule has 0 saturated heterocycles. The molecule has 0 radical (unpaired) electrons. The molecule has 0 aliphatic heterocycles. The fourth-order valence-corrected chi connectivity index (χ4v) is 3.94. The van der Waals surface area contributed by atoms with Gasteiger partial charge in [-0.25, -0.2) is 8.78 Å². The minimum atomic E-state index is -0.884. The van der Waals surface area contributed by atoms with Crippen LogP contribution in [0.2, 0.25) is 10.0 Å². The summed E-state index contributed by atoms with van der Waals surface area (Å²) >= 11 is 12.8. The van der Waals surface area contributed by atoms with E-state index in [2.05, 4.69) is 4.99 Å². The van der Waals surface area contributed by atoms with Crippen LogP contribution in [0.1, 0.15) is 17.3 Å². The first-order valence-corrected chi connectivity index (χ1v) is 9.55. The number of esters is 1. The normalized spacial score (nSPS) is 11.8. The minimum Gasteiger partial charge on any atom is -0.465 e. The number of nitrogens with zero attached hydrogens (tertiary/aromatic N) is 2. The second-order valence-electron chi connectivity index (χ2n) is 5.55. The largest absolute Gasteiger partial charge is 0.465 e. The average molecular weight is 445 g/mol. The van der Waals surface area contributed by atoms with Crippen LogP contribution in [0.3, 0.4) is 0 Å². The third kappa shape index (κ3) is 4.24. The van der Waals surface area contributed by atoms with Gasteiger partial charge in [-0.05, 0) is 31.2 Å². The molecule has 0 spiro atoms. The van der Waals surface area contributed by atoms with Gasteiger partial charge in [0.2, 0.25) is 0 Å². The quantitative estimate of drug-likeness (QED) is 0.552. The van der Waals surface area contributed by atoms with Gasteiger partial charge in [-0.15, -0.1) is 0 Å². The molecule has 0 aliphatic carbocycles. The topological polar surface area (TPSA) is 60.7 Å². The van der Waals surface area contributed by atoms with Crippen molar-refractivity contribution in [1.29, 1.82) is 0 Å². The molecule has 1 aromatic heterocycles. The van der Waals surface area contributed by atoms with Crippen LogP contribution < -0.4 is 4.80 Å². The number of hydrogen-bond acceptors (Lipinski definition) is 4. The lowest BCUT2D eigenvalue weighted by Crippen LogP contribution is -2.23. The molecule has 0 atom stereocenters. The van der Waals surface area contributed by atoms with Crippen molar-refractivity contribution in [2.75, 3.05) is 6.61 Å². The van der Waals surface area contributed by atoms with Crippen LogP contribution in [0.15, 0.2) is 35.3 Å². The van der Waals surface area contributed by atoms with Gasteiger partial charge in [0.05, 0.1) is 27.4 Å². The Hall–Kier alpha value is -2.29. The zero-order valence-corrected chi connectivity index (χ0v) is 16.7. The highest BCUT2D eigenvalue weighted by molar-refractivity contribution is 7.16. The van der Waals surface area contributed by atoms with Gasteiger partial charge in [-0.3, -0.25) is 9.59 Å². The number of thiazole rings is 1. The van der Waals surface area contributed by atoms with E-state index in [1.165, 1.54) is 22.8 Å². The van der Waals surface area contributed by atoms with Crippen LogP contribution in [0.25, 0.3) is 10.2 Å². The third-order valence-electron chi connectivity index (χ3n) is 3.64. The molecule has 28 heavy (non-hydrogen) atoms. The van der Waals surface area contributed by atoms with Gasteiger partial charge in [-0.1, -0.05) is 34.5 Å². The molecule has 0 saturated carbocycles. The summed E-state index contributed by atoms with van der Waals surface area (Å²) in [7, 11) is 0. The predicted molar refractivity (Wildman–Crippen MR) is 103 cm³/mol. The van der Waals surface area contributed by atoms with Crippen LogP contribution in [-0.2, 0) is 16.1 Å². The van der Waals surface area contributed by atoms with Crippen molar-refractivity contribution in [3.63, 3.8) is 0 Å². The van der Waals surface area contributed by atoms with Gasteiger partial charge in [-0.2, -0.15) is 4.99 Å². The number of carbonyl (C=O) groups excluding carboxylic acids is 2. The van der Waals surface area contributed by atoms with Gasteiger partial charge in [0, 0.05) is 11.1 Å². The summed E-state index contributed by atoms with van der Waals surface area (Å²) in [4.78, 5) is 28.5. The molecule has 1 heterocycles. The van der Waals surface area contributed by atoms with Crippen molar-refractivity contribution >= 4 is 56.6 Å². The predicted octanol–water partition coefficient (Wildman–Crippen LogP) is 4.59. The Labute approximate surface area is 171 Å². The number of fused-ring (bicyclic) bond motifs is 1. The average Bonchev–Trinajstić information content (AvgIpc) is 2.94. The van der Waals surface area contributed by atoms with Crippen molar-refractivity contribution in [3.05, 3.63) is 62.4 Å². The lowest BCUT2D eigenvalue weighted by molar-refractivity contribution is -0.143. The molecule has 3 rings (SSSR count). The van der Waals surface area contributed by atoms with Crippen LogP contribution in [0.4, 0.5) is 8.78 Å². The van der Waals surface area contributed by atoms with Gasteiger partial charge in [0.15, 0.2) is 10.6 Å². The number of aromatic nitrogens is 1. The first-order chi connectivity index (χ1) is 13.3. The standard InChI is InChI=1S/C18H12Cl2F2N2O3S/c1-2-27-15(25)8-24-16-13(22)6-10(21)7-14(16)28-18(24)23-17(26)11-5-9(19)3-4-12(11)20/h3-7H,2,8H2,1H3. The van der Waals surface area contributed by atoms with Gasteiger partial charge in [0.1, 0.15) is 12.4 Å². The summed E-state index contributed by atoms with van der Waals surface area (Å²) < 4.78 is 34.2. The van der Waals surface area contributed by atoms with E-state index < -0.39 is 30.1 Å². The van der Waals surface area contributed by atoms with Crippen LogP contribution in [-0.4, -0.2) is 23.1 Å². The number of rotatable bonds is 4. The van der Waals surface area contributed by atoms with E-state index in [1.54, 1.807) is 6.92 Å². The maximum absolute atomic E-state index is 14.4. The fraction of sp³-hybridized carbons (Fsp3) is 0.167. The number of benzene rings is 2. The lowest BCUT2D eigenvalue weighted by atomic mass is 10.2. The Balaban J connectivity index is 2.19. The molecular formula is C18H12Cl2F2N2O3S. The summed E-state index contributed by atoms with van der Waals surface area (Å²) in [5.41, 5.74) is -0.0100. The number of halogens is 4. The molecule has 1 amide bonds. The smallest absolute Gasteiger partial charge is 0.326 e. The van der Waals surface area contributed by atoms with Crippen molar-refractivity contribution in [3.8, 4) is 0 Å². The van der Waals surface area contributed by atoms with Gasteiger partial charge < -0.3 is 9.30 Å². The SMILES string of the molecule is CCOC(=O)Cn1c(=NC(=O)c2cc(Cl)ccc2Cl)sc2cc(F)cc(F)c21. The summed E-state index contributed by atoms with van der Waals surface area (Å²) in [5, 5.41) is 0.417. The molecule has 5 nitrogen and oxygen atoms in total. The minimum absolute atomic E-state index is 0.00593. The van der Waals surface area contributed by atoms with E-state index in [4.69, 9.17) is 27.9 Å². The molecule has 2 aromatic carbocycles. The number of ether oxygens (including phenoxy) is 1. The summed E-state index contributed by atoms with van der Waals surface area (Å²) in [6, 6.07) is 6.09. The van der Waals surface area contributed by atoms with Crippen molar-refractivity contribution < 1.29 is 23.1 Å². The summed E-state index contributed by atoms with van der Waals surface area (Å²) in [6.45, 7) is 1.36. The Morgan fingerprint density at radius 3 is 2.68 bits per heavy atom. The molecule has 146 valence electrons. The Morgan fingerprint density at radius 1 is 1.21 bits per heavy atom. The van der Waals surface area contributed by atoms with E-state index in [1.807, 2.05) is 0 Å². The third-order valence-corrected chi connectivity index (χ3v) is 5.23. The fourth-order valence-electron chi connectivity index (χ4n) is 2.51. The highest BCUT2D eigenvalue weighted by atomic mass is 35.5. The monoisotopic (exact) mass is 444 g/mol. The Kier molecular flexibility index (Phi) is 6.12. The zero-order chi connectivity index (χ0) is 20.4.